The molecule has 1 heterocycles. The van der Waals surface area contributed by atoms with E-state index in [2.05, 4.69) is 0 Å². The molecule has 5 heteroatoms. The van der Waals surface area contributed by atoms with Gasteiger partial charge in [0.05, 0.1) is 14.2 Å². The minimum atomic E-state index is -0.174. The molecule has 3 rings (SSSR count). The molecule has 0 N–H and O–H groups in total. The lowest BCUT2D eigenvalue weighted by Gasteiger charge is -2.32. The number of rotatable bonds is 5. The van der Waals surface area contributed by atoms with Crippen LogP contribution in [-0.4, -0.2) is 43.9 Å². The summed E-state index contributed by atoms with van der Waals surface area (Å²) in [7, 11) is 3.17. The van der Waals surface area contributed by atoms with Crippen molar-refractivity contribution in [3.8, 4) is 11.5 Å². The predicted octanol–water partition coefficient (Wildman–Crippen LogP) is 3.44. The number of benzene rings is 2. The Balaban J connectivity index is 1.71. The van der Waals surface area contributed by atoms with Crippen molar-refractivity contribution >= 4 is 11.7 Å². The van der Waals surface area contributed by atoms with Crippen molar-refractivity contribution in [3.63, 3.8) is 0 Å². The summed E-state index contributed by atoms with van der Waals surface area (Å²) in [6.07, 6.45) is 1.62. The van der Waals surface area contributed by atoms with Crippen molar-refractivity contribution in [2.45, 2.75) is 12.8 Å². The van der Waals surface area contributed by atoms with Crippen molar-refractivity contribution in [1.82, 2.24) is 4.90 Å². The molecule has 2 aromatic carbocycles. The third-order valence-corrected chi connectivity index (χ3v) is 4.77. The Morgan fingerprint density at radius 3 is 2.38 bits per heavy atom. The Labute approximate surface area is 153 Å². The summed E-state index contributed by atoms with van der Waals surface area (Å²) in [4.78, 5) is 27.4. The molecule has 5 nitrogen and oxygen atoms in total. The van der Waals surface area contributed by atoms with Crippen LogP contribution in [0.4, 0.5) is 0 Å². The van der Waals surface area contributed by atoms with E-state index >= 15 is 0 Å². The standard InChI is InChI=1S/C21H23NO4/c1-25-18-10-8-15(9-11-18)20(23)17-6-4-12-22(14-17)21(24)16-5-3-7-19(13-16)26-2/h3,5,7-11,13,17H,4,6,12,14H2,1-2H3. The molecule has 1 fully saturated rings. The lowest BCUT2D eigenvalue weighted by Crippen LogP contribution is -2.42. The van der Waals surface area contributed by atoms with Crippen molar-refractivity contribution < 1.29 is 19.1 Å². The zero-order valence-corrected chi connectivity index (χ0v) is 15.1. The lowest BCUT2D eigenvalue weighted by molar-refractivity contribution is 0.0636. The highest BCUT2D eigenvalue weighted by Gasteiger charge is 2.29. The van der Waals surface area contributed by atoms with Crippen LogP contribution in [0, 0.1) is 5.92 Å². The number of ketones is 1. The van der Waals surface area contributed by atoms with Gasteiger partial charge in [0, 0.05) is 30.1 Å². The molecule has 0 bridgehead atoms. The van der Waals surface area contributed by atoms with Gasteiger partial charge in [-0.25, -0.2) is 0 Å². The summed E-state index contributed by atoms with van der Waals surface area (Å²) < 4.78 is 10.3. The maximum Gasteiger partial charge on any atom is 0.254 e. The van der Waals surface area contributed by atoms with Crippen molar-refractivity contribution in [2.75, 3.05) is 27.3 Å². The normalized spacial score (nSPS) is 16.8. The number of amides is 1. The average Bonchev–Trinajstić information content (AvgIpc) is 2.72. The lowest BCUT2D eigenvalue weighted by atomic mass is 9.89. The number of nitrogens with zero attached hydrogens (tertiary/aromatic N) is 1. The molecule has 0 aromatic heterocycles. The molecular weight excluding hydrogens is 330 g/mol. The number of methoxy groups -OCH3 is 2. The highest BCUT2D eigenvalue weighted by molar-refractivity contribution is 5.99. The Kier molecular flexibility index (Phi) is 5.56. The van der Waals surface area contributed by atoms with Gasteiger partial charge in [-0.2, -0.15) is 0 Å². The fourth-order valence-electron chi connectivity index (χ4n) is 3.31. The van der Waals surface area contributed by atoms with E-state index in [0.717, 1.165) is 18.6 Å². The van der Waals surface area contributed by atoms with Crippen LogP contribution >= 0.6 is 0 Å². The number of Topliss-reactive ketones (excluding diaryl/α,β-unsaturated/α-hetero) is 1. The molecular formula is C21H23NO4. The third kappa shape index (κ3) is 3.87. The van der Waals surface area contributed by atoms with Crippen LogP contribution in [-0.2, 0) is 0 Å². The molecule has 136 valence electrons. The van der Waals surface area contributed by atoms with E-state index in [4.69, 9.17) is 9.47 Å². The molecule has 1 aliphatic heterocycles. The fraction of sp³-hybridized carbons (Fsp3) is 0.333. The smallest absolute Gasteiger partial charge is 0.254 e. The van der Waals surface area contributed by atoms with Crippen LogP contribution in [0.1, 0.15) is 33.6 Å². The second kappa shape index (κ2) is 8.04. The Morgan fingerprint density at radius 2 is 1.69 bits per heavy atom. The molecule has 0 aliphatic carbocycles. The first kappa shape index (κ1) is 18.0. The van der Waals surface area contributed by atoms with Crippen LogP contribution in [0.2, 0.25) is 0 Å². The number of hydrogen-bond donors (Lipinski definition) is 0. The summed E-state index contributed by atoms with van der Waals surface area (Å²) in [5, 5.41) is 0. The topological polar surface area (TPSA) is 55.8 Å². The minimum absolute atomic E-state index is 0.0591. The van der Waals surface area contributed by atoms with E-state index in [-0.39, 0.29) is 17.6 Å². The van der Waals surface area contributed by atoms with E-state index in [1.54, 1.807) is 61.6 Å². The van der Waals surface area contributed by atoms with E-state index in [1.165, 1.54) is 0 Å². The summed E-state index contributed by atoms with van der Waals surface area (Å²) in [6, 6.07) is 14.3. The average molecular weight is 353 g/mol. The second-order valence-electron chi connectivity index (χ2n) is 6.42. The van der Waals surface area contributed by atoms with Gasteiger partial charge >= 0.3 is 0 Å². The number of carbonyl (C=O) groups excluding carboxylic acids is 2. The number of carbonyl (C=O) groups is 2. The molecule has 2 aromatic rings. The van der Waals surface area contributed by atoms with Crippen LogP contribution in [0.25, 0.3) is 0 Å². The maximum atomic E-state index is 12.8. The maximum absolute atomic E-state index is 12.8. The second-order valence-corrected chi connectivity index (χ2v) is 6.42. The number of hydrogen-bond acceptors (Lipinski definition) is 4. The zero-order valence-electron chi connectivity index (χ0n) is 15.1. The summed E-state index contributed by atoms with van der Waals surface area (Å²) >= 11 is 0. The van der Waals surface area contributed by atoms with E-state index < -0.39 is 0 Å². The SMILES string of the molecule is COc1ccc(C(=O)C2CCCN(C(=O)c3cccc(OC)c3)C2)cc1. The van der Waals surface area contributed by atoms with Gasteiger partial charge in [-0.1, -0.05) is 6.07 Å². The fourth-order valence-corrected chi connectivity index (χ4v) is 3.31. The molecule has 0 radical (unpaired) electrons. The molecule has 0 saturated carbocycles. The molecule has 1 unspecified atom stereocenters. The van der Waals surface area contributed by atoms with Gasteiger partial charge < -0.3 is 14.4 Å². The highest BCUT2D eigenvalue weighted by Crippen LogP contribution is 2.24. The first-order valence-electron chi connectivity index (χ1n) is 8.74. The van der Waals surface area contributed by atoms with E-state index in [0.29, 0.717) is 30.0 Å². The molecule has 26 heavy (non-hydrogen) atoms. The minimum Gasteiger partial charge on any atom is -0.497 e. The monoisotopic (exact) mass is 353 g/mol. The van der Waals surface area contributed by atoms with E-state index in [9.17, 15) is 9.59 Å². The van der Waals surface area contributed by atoms with Crippen LogP contribution in [0.3, 0.4) is 0 Å². The van der Waals surface area contributed by atoms with Gasteiger partial charge in [0.25, 0.3) is 5.91 Å². The Hall–Kier alpha value is -2.82. The van der Waals surface area contributed by atoms with Crippen molar-refractivity contribution in [3.05, 3.63) is 59.7 Å². The van der Waals surface area contributed by atoms with Gasteiger partial charge in [-0.15, -0.1) is 0 Å². The molecule has 1 amide bonds. The van der Waals surface area contributed by atoms with Gasteiger partial charge in [0.15, 0.2) is 5.78 Å². The number of likely N-dealkylation sites (tertiary alicyclic amines) is 1. The quantitative estimate of drug-likeness (QED) is 0.773. The third-order valence-electron chi connectivity index (χ3n) is 4.77. The predicted molar refractivity (Wildman–Crippen MR) is 98.9 cm³/mol. The highest BCUT2D eigenvalue weighted by atomic mass is 16.5. The Bertz CT molecular complexity index is 785. The molecule has 0 spiro atoms. The van der Waals surface area contributed by atoms with Gasteiger partial charge in [0.1, 0.15) is 11.5 Å². The summed E-state index contributed by atoms with van der Waals surface area (Å²) in [6.45, 7) is 1.11. The summed E-state index contributed by atoms with van der Waals surface area (Å²) in [5.74, 6) is 1.22. The van der Waals surface area contributed by atoms with Crippen LogP contribution in [0.5, 0.6) is 11.5 Å². The summed E-state index contributed by atoms with van der Waals surface area (Å²) in [5.41, 5.74) is 1.24. The van der Waals surface area contributed by atoms with Gasteiger partial charge in [0.2, 0.25) is 0 Å². The van der Waals surface area contributed by atoms with Crippen molar-refractivity contribution in [1.29, 1.82) is 0 Å². The van der Waals surface area contributed by atoms with Gasteiger partial charge in [-0.05, 0) is 55.3 Å². The first-order chi connectivity index (χ1) is 12.6. The molecule has 1 aliphatic rings. The largest absolute Gasteiger partial charge is 0.497 e. The van der Waals surface area contributed by atoms with Crippen molar-refractivity contribution in [2.24, 2.45) is 5.92 Å². The van der Waals surface area contributed by atoms with Crippen LogP contribution < -0.4 is 9.47 Å². The number of piperidine rings is 1. The number of ether oxygens (including phenoxy) is 2. The van der Waals surface area contributed by atoms with Gasteiger partial charge in [-0.3, -0.25) is 9.59 Å². The van der Waals surface area contributed by atoms with E-state index in [1.807, 2.05) is 6.07 Å². The Morgan fingerprint density at radius 1 is 0.962 bits per heavy atom. The first-order valence-corrected chi connectivity index (χ1v) is 8.74. The van der Waals surface area contributed by atoms with Crippen LogP contribution in [0.15, 0.2) is 48.5 Å². The molecule has 1 saturated heterocycles. The molecule has 1 atom stereocenters. The zero-order chi connectivity index (χ0) is 18.5.